The van der Waals surface area contributed by atoms with Crippen molar-refractivity contribution >= 4 is 5.97 Å². The minimum absolute atomic E-state index is 0.0620. The maximum Gasteiger partial charge on any atom is 0.303 e. The quantitative estimate of drug-likeness (QED) is 0.570. The number of rotatable bonds is 3. The van der Waals surface area contributed by atoms with Gasteiger partial charge in [0, 0.05) is 6.92 Å². The Morgan fingerprint density at radius 1 is 1.44 bits per heavy atom. The summed E-state index contributed by atoms with van der Waals surface area (Å²) in [6, 6.07) is 0. The summed E-state index contributed by atoms with van der Waals surface area (Å²) < 4.78 is 11.1. The Labute approximate surface area is 109 Å². The number of esters is 1. The van der Waals surface area contributed by atoms with Gasteiger partial charge in [0.25, 0.3) is 0 Å². The van der Waals surface area contributed by atoms with Crippen molar-refractivity contribution < 1.29 is 14.3 Å². The molecule has 0 bridgehead atoms. The van der Waals surface area contributed by atoms with Gasteiger partial charge >= 0.3 is 5.97 Å². The Kier molecular flexibility index (Phi) is 4.59. The van der Waals surface area contributed by atoms with E-state index >= 15 is 0 Å². The van der Waals surface area contributed by atoms with E-state index in [1.165, 1.54) is 38.2 Å². The minimum Gasteiger partial charge on any atom is -0.456 e. The molecule has 0 saturated heterocycles. The molecule has 3 unspecified atom stereocenters. The van der Waals surface area contributed by atoms with Crippen LogP contribution in [-0.2, 0) is 14.3 Å². The molecule has 1 heterocycles. The highest BCUT2D eigenvalue weighted by Crippen LogP contribution is 2.26. The Balaban J connectivity index is 1.89. The fraction of sp³-hybridized carbons (Fsp3) is 0.667. The molecule has 0 amide bonds. The standard InChI is InChI=1S/C15H22O3/c1-11-15(18-12(2)16)9-8-14(17-11)10-13-6-4-3-5-7-13/h6,8-9,11,14-15H,3-5,7,10H2,1-2H3. The van der Waals surface area contributed by atoms with Crippen LogP contribution in [0.5, 0.6) is 0 Å². The van der Waals surface area contributed by atoms with Crippen molar-refractivity contribution in [1.82, 2.24) is 0 Å². The second-order valence-electron chi connectivity index (χ2n) is 5.15. The summed E-state index contributed by atoms with van der Waals surface area (Å²) in [6.07, 6.45) is 12.2. The molecule has 2 aliphatic rings. The topological polar surface area (TPSA) is 35.5 Å². The van der Waals surface area contributed by atoms with Gasteiger partial charge in [-0.15, -0.1) is 0 Å². The fourth-order valence-corrected chi connectivity index (χ4v) is 2.58. The van der Waals surface area contributed by atoms with Crippen molar-refractivity contribution in [1.29, 1.82) is 0 Å². The first-order valence-corrected chi connectivity index (χ1v) is 6.84. The Morgan fingerprint density at radius 2 is 2.28 bits per heavy atom. The largest absolute Gasteiger partial charge is 0.456 e. The lowest BCUT2D eigenvalue weighted by Gasteiger charge is -2.30. The Bertz CT molecular complexity index is 357. The molecule has 0 fully saturated rings. The van der Waals surface area contributed by atoms with Crippen LogP contribution in [0.15, 0.2) is 23.8 Å². The van der Waals surface area contributed by atoms with Gasteiger partial charge in [0.05, 0.1) is 12.2 Å². The van der Waals surface area contributed by atoms with Gasteiger partial charge < -0.3 is 9.47 Å². The maximum atomic E-state index is 10.9. The molecule has 0 saturated carbocycles. The van der Waals surface area contributed by atoms with E-state index in [9.17, 15) is 4.79 Å². The van der Waals surface area contributed by atoms with Crippen LogP contribution in [0.3, 0.4) is 0 Å². The zero-order chi connectivity index (χ0) is 13.0. The number of allylic oxidation sites excluding steroid dienone is 1. The highest BCUT2D eigenvalue weighted by Gasteiger charge is 2.26. The van der Waals surface area contributed by atoms with E-state index in [1.54, 1.807) is 0 Å². The minimum atomic E-state index is -0.256. The van der Waals surface area contributed by atoms with Gasteiger partial charge in [-0.05, 0) is 45.1 Å². The first-order chi connectivity index (χ1) is 8.65. The SMILES string of the molecule is CC(=O)OC1C=CC(CC2=CCCCC2)OC1C. The molecule has 0 radical (unpaired) electrons. The van der Waals surface area contributed by atoms with E-state index in [-0.39, 0.29) is 24.3 Å². The van der Waals surface area contributed by atoms with Gasteiger partial charge in [-0.25, -0.2) is 0 Å². The maximum absolute atomic E-state index is 10.9. The van der Waals surface area contributed by atoms with E-state index < -0.39 is 0 Å². The average Bonchev–Trinajstić information content (AvgIpc) is 2.33. The number of ether oxygens (including phenoxy) is 2. The summed E-state index contributed by atoms with van der Waals surface area (Å²) in [5.41, 5.74) is 1.51. The van der Waals surface area contributed by atoms with Crippen LogP contribution in [0.4, 0.5) is 0 Å². The molecular weight excluding hydrogens is 228 g/mol. The van der Waals surface area contributed by atoms with E-state index in [2.05, 4.69) is 6.08 Å². The zero-order valence-corrected chi connectivity index (χ0v) is 11.2. The molecule has 3 atom stereocenters. The van der Waals surface area contributed by atoms with Crippen molar-refractivity contribution in [2.45, 2.75) is 64.3 Å². The summed E-state index contributed by atoms with van der Waals surface area (Å²) in [6.45, 7) is 3.39. The molecule has 1 aliphatic carbocycles. The van der Waals surface area contributed by atoms with E-state index in [1.807, 2.05) is 19.1 Å². The molecule has 0 spiro atoms. The summed E-state index contributed by atoms with van der Waals surface area (Å²) in [5.74, 6) is -0.256. The van der Waals surface area contributed by atoms with E-state index in [0.717, 1.165) is 6.42 Å². The Morgan fingerprint density at radius 3 is 2.89 bits per heavy atom. The molecule has 100 valence electrons. The van der Waals surface area contributed by atoms with Crippen molar-refractivity contribution in [3.8, 4) is 0 Å². The first-order valence-electron chi connectivity index (χ1n) is 6.84. The lowest BCUT2D eigenvalue weighted by atomic mass is 9.94. The second-order valence-corrected chi connectivity index (χ2v) is 5.15. The van der Waals surface area contributed by atoms with Crippen molar-refractivity contribution in [3.63, 3.8) is 0 Å². The molecule has 3 nitrogen and oxygen atoms in total. The average molecular weight is 250 g/mol. The van der Waals surface area contributed by atoms with Crippen molar-refractivity contribution in [2.75, 3.05) is 0 Å². The number of hydrogen-bond acceptors (Lipinski definition) is 3. The van der Waals surface area contributed by atoms with Gasteiger partial charge in [-0.2, -0.15) is 0 Å². The highest BCUT2D eigenvalue weighted by molar-refractivity contribution is 5.66. The van der Waals surface area contributed by atoms with Gasteiger partial charge in [0.1, 0.15) is 6.10 Å². The van der Waals surface area contributed by atoms with E-state index in [0.29, 0.717) is 0 Å². The van der Waals surface area contributed by atoms with E-state index in [4.69, 9.17) is 9.47 Å². The van der Waals surface area contributed by atoms with Crippen LogP contribution in [-0.4, -0.2) is 24.3 Å². The number of carbonyl (C=O) groups is 1. The molecule has 0 aromatic heterocycles. The van der Waals surface area contributed by atoms with Gasteiger partial charge in [0.15, 0.2) is 0 Å². The molecule has 18 heavy (non-hydrogen) atoms. The van der Waals surface area contributed by atoms with Crippen LogP contribution in [0, 0.1) is 0 Å². The number of carbonyl (C=O) groups excluding carboxylic acids is 1. The fourth-order valence-electron chi connectivity index (χ4n) is 2.58. The molecule has 0 aromatic rings. The normalized spacial score (nSPS) is 31.9. The molecule has 3 heteroatoms. The third-order valence-corrected chi connectivity index (χ3v) is 3.52. The molecular formula is C15H22O3. The second kappa shape index (κ2) is 6.19. The van der Waals surface area contributed by atoms with Crippen LogP contribution in [0.1, 0.15) is 46.0 Å². The molecule has 2 rings (SSSR count). The van der Waals surface area contributed by atoms with Crippen LogP contribution >= 0.6 is 0 Å². The summed E-state index contributed by atoms with van der Waals surface area (Å²) in [4.78, 5) is 10.9. The van der Waals surface area contributed by atoms with Crippen molar-refractivity contribution in [3.05, 3.63) is 23.8 Å². The molecule has 1 aliphatic heterocycles. The Hall–Kier alpha value is -1.09. The van der Waals surface area contributed by atoms with Gasteiger partial charge in [-0.3, -0.25) is 4.79 Å². The summed E-state index contributed by atoms with van der Waals surface area (Å²) in [7, 11) is 0. The third-order valence-electron chi connectivity index (χ3n) is 3.52. The molecule has 0 aromatic carbocycles. The van der Waals surface area contributed by atoms with Crippen LogP contribution in [0.2, 0.25) is 0 Å². The van der Waals surface area contributed by atoms with Crippen LogP contribution < -0.4 is 0 Å². The molecule has 0 N–H and O–H groups in total. The summed E-state index contributed by atoms with van der Waals surface area (Å²) >= 11 is 0. The van der Waals surface area contributed by atoms with Crippen molar-refractivity contribution in [2.24, 2.45) is 0 Å². The van der Waals surface area contributed by atoms with Crippen LogP contribution in [0.25, 0.3) is 0 Å². The highest BCUT2D eigenvalue weighted by atomic mass is 16.6. The van der Waals surface area contributed by atoms with Gasteiger partial charge in [-0.1, -0.05) is 17.7 Å². The lowest BCUT2D eigenvalue weighted by molar-refractivity contribution is -0.153. The predicted molar refractivity (Wildman–Crippen MR) is 70.2 cm³/mol. The number of hydrogen-bond donors (Lipinski definition) is 0. The predicted octanol–water partition coefficient (Wildman–Crippen LogP) is 3.15. The summed E-state index contributed by atoms with van der Waals surface area (Å²) in [5, 5.41) is 0. The smallest absolute Gasteiger partial charge is 0.303 e. The zero-order valence-electron chi connectivity index (χ0n) is 11.2. The third kappa shape index (κ3) is 3.70. The first kappa shape index (κ1) is 13.3. The van der Waals surface area contributed by atoms with Gasteiger partial charge in [0.2, 0.25) is 0 Å². The monoisotopic (exact) mass is 250 g/mol. The lowest BCUT2D eigenvalue weighted by Crippen LogP contribution is -2.36.